The lowest BCUT2D eigenvalue weighted by Crippen LogP contribution is -2.01. The number of fused-ring (bicyclic) bond motifs is 4. The molecule has 10 rings (SSSR count). The van der Waals surface area contributed by atoms with Gasteiger partial charge < -0.3 is 0 Å². The molecular weight excluding hydrogens is 695 g/mol. The third-order valence-electron chi connectivity index (χ3n) is 10.1. The van der Waals surface area contributed by atoms with Gasteiger partial charge >= 0.3 is 0 Å². The summed E-state index contributed by atoms with van der Waals surface area (Å²) in [4.78, 5) is 21.4. The van der Waals surface area contributed by atoms with Crippen molar-refractivity contribution in [3.63, 3.8) is 0 Å². The normalized spacial score (nSPS) is 10.9. The molecule has 0 saturated heterocycles. The van der Waals surface area contributed by atoms with E-state index in [1.54, 1.807) is 6.08 Å². The third kappa shape index (κ3) is 6.36. The van der Waals surface area contributed by atoms with Crippen molar-refractivity contribution >= 4 is 43.4 Å². The van der Waals surface area contributed by atoms with Crippen molar-refractivity contribution in [2.24, 2.45) is 0 Å². The quantitative estimate of drug-likeness (QED) is 0.130. The Labute approximate surface area is 330 Å². The van der Waals surface area contributed by atoms with Crippen LogP contribution in [0.15, 0.2) is 189 Å². The fourth-order valence-corrected chi connectivity index (χ4v) is 7.66. The molecular formula is C52H35N5. The minimum absolute atomic E-state index is 0.623. The highest BCUT2D eigenvalue weighted by Gasteiger charge is 2.24. The summed E-state index contributed by atoms with van der Waals surface area (Å²) in [6.07, 6.45) is 1.75. The van der Waals surface area contributed by atoms with Crippen LogP contribution in [0.4, 0.5) is 0 Å². The van der Waals surface area contributed by atoms with Crippen LogP contribution in [0.3, 0.4) is 0 Å². The number of rotatable bonds is 5. The van der Waals surface area contributed by atoms with Crippen molar-refractivity contribution in [2.45, 2.75) is 6.92 Å². The van der Waals surface area contributed by atoms with E-state index >= 15 is 0 Å². The number of aromatic nitrogens is 4. The molecule has 0 unspecified atom stereocenters. The van der Waals surface area contributed by atoms with Crippen LogP contribution in [-0.4, -0.2) is 19.9 Å². The zero-order valence-electron chi connectivity index (χ0n) is 31.3. The molecule has 2 aromatic heterocycles. The van der Waals surface area contributed by atoms with Crippen molar-refractivity contribution < 1.29 is 0 Å². The van der Waals surface area contributed by atoms with Crippen molar-refractivity contribution in [1.29, 1.82) is 5.26 Å². The highest BCUT2D eigenvalue weighted by molar-refractivity contribution is 6.22. The third-order valence-corrected chi connectivity index (χ3v) is 10.1. The highest BCUT2D eigenvalue weighted by atomic mass is 14.9. The van der Waals surface area contributed by atoms with E-state index in [1.165, 1.54) is 0 Å². The van der Waals surface area contributed by atoms with Crippen molar-refractivity contribution in [3.8, 4) is 62.5 Å². The van der Waals surface area contributed by atoms with Crippen LogP contribution in [0.5, 0.6) is 0 Å². The molecule has 0 saturated carbocycles. The van der Waals surface area contributed by atoms with Gasteiger partial charge in [0.25, 0.3) is 0 Å². The Morgan fingerprint density at radius 2 is 0.877 bits per heavy atom. The monoisotopic (exact) mass is 729 g/mol. The molecule has 0 spiro atoms. The lowest BCUT2D eigenvalue weighted by Gasteiger charge is -2.19. The second-order valence-electron chi connectivity index (χ2n) is 13.7. The average molecular weight is 730 g/mol. The Morgan fingerprint density at radius 1 is 0.456 bits per heavy atom. The molecule has 2 heterocycles. The van der Waals surface area contributed by atoms with Crippen LogP contribution in [0.2, 0.25) is 0 Å². The lowest BCUT2D eigenvalue weighted by molar-refractivity contribution is 1.19. The van der Waals surface area contributed by atoms with E-state index in [1.807, 2.05) is 97.9 Å². The number of hydrogen-bond acceptors (Lipinski definition) is 5. The molecule has 0 amide bonds. The maximum absolute atomic E-state index is 10.0. The van der Waals surface area contributed by atoms with Crippen LogP contribution in [0, 0.1) is 11.3 Å². The van der Waals surface area contributed by atoms with Gasteiger partial charge in [-0.15, -0.1) is 6.58 Å². The number of nitriles is 1. The first kappa shape index (κ1) is 34.9. The molecule has 0 fully saturated rings. The highest BCUT2D eigenvalue weighted by Crippen LogP contribution is 2.46. The zero-order valence-corrected chi connectivity index (χ0v) is 31.3. The molecule has 0 bridgehead atoms. The number of hydrogen-bond donors (Lipinski definition) is 0. The van der Waals surface area contributed by atoms with E-state index in [2.05, 4.69) is 97.6 Å². The van der Waals surface area contributed by atoms with Gasteiger partial charge in [0.05, 0.1) is 45.4 Å². The summed E-state index contributed by atoms with van der Waals surface area (Å²) >= 11 is 0. The Kier molecular flexibility index (Phi) is 9.28. The summed E-state index contributed by atoms with van der Waals surface area (Å²) in [6, 6.07) is 61.9. The molecule has 8 aromatic carbocycles. The van der Waals surface area contributed by atoms with Crippen LogP contribution in [-0.2, 0) is 0 Å². The van der Waals surface area contributed by atoms with Gasteiger partial charge in [0.1, 0.15) is 0 Å². The number of nitrogens with zero attached hydrogens (tertiary/aromatic N) is 5. The molecule has 57 heavy (non-hydrogen) atoms. The summed E-state index contributed by atoms with van der Waals surface area (Å²) < 4.78 is 0. The molecule has 268 valence electrons. The predicted molar refractivity (Wildman–Crippen MR) is 235 cm³/mol. The Balaban J connectivity index is 0.00000137. The van der Waals surface area contributed by atoms with Gasteiger partial charge in [-0.3, -0.25) is 0 Å². The van der Waals surface area contributed by atoms with E-state index in [0.717, 1.165) is 93.9 Å². The summed E-state index contributed by atoms with van der Waals surface area (Å²) in [5.41, 5.74) is 10.4. The van der Waals surface area contributed by atoms with E-state index < -0.39 is 0 Å². The topological polar surface area (TPSA) is 75.3 Å². The maximum Gasteiger partial charge on any atom is 0.161 e. The Bertz CT molecular complexity index is 3050. The molecule has 0 radical (unpaired) electrons. The number of para-hydroxylation sites is 2. The fraction of sp³-hybridized carbons (Fsp3) is 0.0192. The minimum Gasteiger partial charge on any atom is -0.244 e. The van der Waals surface area contributed by atoms with Gasteiger partial charge in [0.2, 0.25) is 0 Å². The van der Waals surface area contributed by atoms with Gasteiger partial charge in [0, 0.05) is 33.2 Å². The second kappa shape index (κ2) is 15.1. The minimum atomic E-state index is 0.623. The van der Waals surface area contributed by atoms with Crippen molar-refractivity contribution in [3.05, 3.63) is 194 Å². The van der Waals surface area contributed by atoms with Gasteiger partial charge in [-0.2, -0.15) is 5.26 Å². The molecule has 0 N–H and O–H groups in total. The van der Waals surface area contributed by atoms with E-state index in [9.17, 15) is 5.26 Å². The maximum atomic E-state index is 10.0. The first-order valence-corrected chi connectivity index (χ1v) is 18.9. The van der Waals surface area contributed by atoms with Gasteiger partial charge in [-0.05, 0) is 58.1 Å². The van der Waals surface area contributed by atoms with Gasteiger partial charge in [0.15, 0.2) is 5.82 Å². The smallest absolute Gasteiger partial charge is 0.161 e. The molecule has 0 atom stereocenters. The van der Waals surface area contributed by atoms with Crippen LogP contribution in [0.25, 0.3) is 99.8 Å². The number of benzene rings is 8. The van der Waals surface area contributed by atoms with E-state index in [-0.39, 0.29) is 0 Å². The molecule has 5 heteroatoms. The lowest BCUT2D eigenvalue weighted by atomic mass is 9.87. The standard InChI is InChI=1S/C49H29N5.C3H6/c50-30-33-27-28-40(35-20-8-7-19-34(33)35)47-48(52-42-26-14-13-25-41(42)51-47)45-36-21-9-11-23-38(36)46(39-24-12-10-22-37(39)45)49-53-43(31-15-3-1-4-16-31)29-44(54-49)32-17-5-2-6-18-32;1-3-2/h1-29H;3H,1H2,2H3. The fourth-order valence-electron chi connectivity index (χ4n) is 7.66. The summed E-state index contributed by atoms with van der Waals surface area (Å²) in [6.45, 7) is 5.25. The molecule has 0 aliphatic carbocycles. The summed E-state index contributed by atoms with van der Waals surface area (Å²) in [5, 5.41) is 15.9. The summed E-state index contributed by atoms with van der Waals surface area (Å²) in [7, 11) is 0. The molecule has 0 aliphatic rings. The van der Waals surface area contributed by atoms with Crippen molar-refractivity contribution in [1.82, 2.24) is 19.9 Å². The molecule has 10 aromatic rings. The van der Waals surface area contributed by atoms with Crippen LogP contribution < -0.4 is 0 Å². The number of allylic oxidation sites excluding steroid dienone is 1. The molecule has 0 aliphatic heterocycles. The van der Waals surface area contributed by atoms with Crippen LogP contribution >= 0.6 is 0 Å². The summed E-state index contributed by atoms with van der Waals surface area (Å²) in [5.74, 6) is 0.650. The van der Waals surface area contributed by atoms with E-state index in [4.69, 9.17) is 19.9 Å². The SMILES string of the molecule is C=CC.N#Cc1ccc(-c2nc3ccccc3nc2-c2c3ccccc3c(-c3nc(-c4ccccc4)cc(-c4ccccc4)n3)c3ccccc23)c2ccccc12. The molecule has 5 nitrogen and oxygen atoms in total. The first-order valence-electron chi connectivity index (χ1n) is 18.9. The van der Waals surface area contributed by atoms with Crippen LogP contribution in [0.1, 0.15) is 12.5 Å². The predicted octanol–water partition coefficient (Wildman–Crippen LogP) is 13.3. The average Bonchev–Trinajstić information content (AvgIpc) is 3.28. The largest absolute Gasteiger partial charge is 0.244 e. The Morgan fingerprint density at radius 3 is 1.39 bits per heavy atom. The Hall–Kier alpha value is -7.81. The zero-order chi connectivity index (χ0) is 38.7. The van der Waals surface area contributed by atoms with Crippen molar-refractivity contribution in [2.75, 3.05) is 0 Å². The van der Waals surface area contributed by atoms with E-state index in [0.29, 0.717) is 11.4 Å². The second-order valence-corrected chi connectivity index (χ2v) is 13.7. The first-order chi connectivity index (χ1) is 28.2. The van der Waals surface area contributed by atoms with Gasteiger partial charge in [-0.1, -0.05) is 158 Å². The van der Waals surface area contributed by atoms with Gasteiger partial charge in [-0.25, -0.2) is 19.9 Å².